The molecule has 0 saturated carbocycles. The maximum absolute atomic E-state index is 12.1. The van der Waals surface area contributed by atoms with Crippen LogP contribution in [0.5, 0.6) is 17.2 Å². The molecule has 1 aliphatic rings. The van der Waals surface area contributed by atoms with Gasteiger partial charge in [0, 0.05) is 5.56 Å². The van der Waals surface area contributed by atoms with Crippen LogP contribution in [0.4, 0.5) is 0 Å². The Bertz CT molecular complexity index is 669. The smallest absolute Gasteiger partial charge is 0.255 e. The van der Waals surface area contributed by atoms with Gasteiger partial charge in [-0.3, -0.25) is 4.79 Å². The van der Waals surface area contributed by atoms with E-state index in [-0.39, 0.29) is 17.4 Å². The molecule has 1 heterocycles. The summed E-state index contributed by atoms with van der Waals surface area (Å²) >= 11 is 0. The molecule has 1 aliphatic heterocycles. The molecule has 102 valence electrons. The molecule has 0 aliphatic carbocycles. The molecular weight excluding hydrogens is 258 g/mol. The van der Waals surface area contributed by atoms with Crippen LogP contribution in [-0.4, -0.2) is 22.7 Å². The van der Waals surface area contributed by atoms with E-state index in [0.717, 1.165) is 11.3 Å². The molecule has 5 heteroatoms. The summed E-state index contributed by atoms with van der Waals surface area (Å²) in [5.41, 5.74) is 0.940. The van der Waals surface area contributed by atoms with Crippen LogP contribution in [0.3, 0.4) is 0 Å². The number of carbonyl (C=O) groups excluding carboxylic acids is 1. The van der Waals surface area contributed by atoms with Gasteiger partial charge in [0.15, 0.2) is 11.5 Å². The SMILES string of the molecule is O=C(NC1COc2ccccc21)c1cccc(O)c1O. The van der Waals surface area contributed by atoms with Gasteiger partial charge in [-0.15, -0.1) is 0 Å². The van der Waals surface area contributed by atoms with Crippen molar-refractivity contribution in [3.05, 3.63) is 53.6 Å². The maximum atomic E-state index is 12.1. The zero-order chi connectivity index (χ0) is 14.1. The second kappa shape index (κ2) is 4.77. The molecule has 0 aromatic heterocycles. The van der Waals surface area contributed by atoms with E-state index in [2.05, 4.69) is 5.32 Å². The fourth-order valence-electron chi connectivity index (χ4n) is 2.23. The van der Waals surface area contributed by atoms with Crippen LogP contribution >= 0.6 is 0 Å². The van der Waals surface area contributed by atoms with Gasteiger partial charge in [0.2, 0.25) is 0 Å². The lowest BCUT2D eigenvalue weighted by atomic mass is 10.1. The molecule has 0 saturated heterocycles. The van der Waals surface area contributed by atoms with Crippen LogP contribution in [0, 0.1) is 0 Å². The van der Waals surface area contributed by atoms with Crippen LogP contribution in [-0.2, 0) is 0 Å². The first-order chi connectivity index (χ1) is 9.66. The summed E-state index contributed by atoms with van der Waals surface area (Å²) in [6.07, 6.45) is 0. The minimum atomic E-state index is -0.455. The van der Waals surface area contributed by atoms with E-state index in [1.807, 2.05) is 24.3 Å². The number of rotatable bonds is 2. The molecule has 1 unspecified atom stereocenters. The number of carbonyl (C=O) groups is 1. The van der Waals surface area contributed by atoms with Gasteiger partial charge in [-0.05, 0) is 18.2 Å². The molecule has 1 amide bonds. The fourth-order valence-corrected chi connectivity index (χ4v) is 2.23. The molecule has 20 heavy (non-hydrogen) atoms. The number of aromatic hydroxyl groups is 2. The zero-order valence-corrected chi connectivity index (χ0v) is 10.5. The molecule has 2 aromatic carbocycles. The van der Waals surface area contributed by atoms with Crippen LogP contribution in [0.15, 0.2) is 42.5 Å². The number of phenolic OH excluding ortho intramolecular Hbond substituents is 2. The number of amides is 1. The molecule has 2 aromatic rings. The van der Waals surface area contributed by atoms with Gasteiger partial charge < -0.3 is 20.3 Å². The Morgan fingerprint density at radius 3 is 2.80 bits per heavy atom. The summed E-state index contributed by atoms with van der Waals surface area (Å²) in [5, 5.41) is 21.9. The summed E-state index contributed by atoms with van der Waals surface area (Å²) in [6, 6.07) is 11.5. The summed E-state index contributed by atoms with van der Waals surface area (Å²) in [7, 11) is 0. The summed E-state index contributed by atoms with van der Waals surface area (Å²) in [4.78, 5) is 12.1. The first kappa shape index (κ1) is 12.3. The lowest BCUT2D eigenvalue weighted by Crippen LogP contribution is -2.29. The summed E-state index contributed by atoms with van der Waals surface area (Å²) in [6.45, 7) is 0.352. The lowest BCUT2D eigenvalue weighted by molar-refractivity contribution is 0.0927. The standard InChI is InChI=1S/C15H13NO4/c17-12-6-3-5-10(14(12)18)15(19)16-11-8-20-13-7-2-1-4-9(11)13/h1-7,11,17-18H,8H2,(H,16,19). The molecule has 0 spiro atoms. The molecule has 3 N–H and O–H groups in total. The van der Waals surface area contributed by atoms with Crippen LogP contribution in [0.25, 0.3) is 0 Å². The number of hydrogen-bond acceptors (Lipinski definition) is 4. The van der Waals surface area contributed by atoms with Gasteiger partial charge in [0.25, 0.3) is 5.91 Å². The van der Waals surface area contributed by atoms with E-state index < -0.39 is 11.7 Å². The maximum Gasteiger partial charge on any atom is 0.255 e. The van der Waals surface area contributed by atoms with Crippen molar-refractivity contribution in [3.8, 4) is 17.2 Å². The van der Waals surface area contributed by atoms with Crippen molar-refractivity contribution < 1.29 is 19.7 Å². The van der Waals surface area contributed by atoms with Gasteiger partial charge in [-0.25, -0.2) is 0 Å². The predicted molar refractivity (Wildman–Crippen MR) is 71.9 cm³/mol. The Labute approximate surface area is 115 Å². The molecule has 3 rings (SSSR count). The Balaban J connectivity index is 1.83. The van der Waals surface area contributed by atoms with Gasteiger partial charge in [0.05, 0.1) is 11.6 Å². The average Bonchev–Trinajstić information content (AvgIpc) is 2.85. The number of nitrogens with one attached hydrogen (secondary N) is 1. The molecule has 1 atom stereocenters. The number of benzene rings is 2. The molecule has 5 nitrogen and oxygen atoms in total. The van der Waals surface area contributed by atoms with E-state index in [1.165, 1.54) is 18.2 Å². The first-order valence-electron chi connectivity index (χ1n) is 6.20. The molecule has 0 radical (unpaired) electrons. The van der Waals surface area contributed by atoms with Crippen molar-refractivity contribution in [1.29, 1.82) is 0 Å². The first-order valence-corrected chi connectivity index (χ1v) is 6.20. The normalized spacial score (nSPS) is 16.3. The van der Waals surface area contributed by atoms with E-state index in [4.69, 9.17) is 4.74 Å². The fraction of sp³-hybridized carbons (Fsp3) is 0.133. The van der Waals surface area contributed by atoms with Crippen molar-refractivity contribution in [3.63, 3.8) is 0 Å². The van der Waals surface area contributed by atoms with Gasteiger partial charge in [0.1, 0.15) is 12.4 Å². The Kier molecular flexibility index (Phi) is 2.95. The minimum absolute atomic E-state index is 0.0365. The molecule has 0 fully saturated rings. The third-order valence-electron chi connectivity index (χ3n) is 3.26. The van der Waals surface area contributed by atoms with Gasteiger partial charge in [-0.1, -0.05) is 24.3 Å². The highest BCUT2D eigenvalue weighted by Crippen LogP contribution is 2.33. The quantitative estimate of drug-likeness (QED) is 0.730. The van der Waals surface area contributed by atoms with Crippen molar-refractivity contribution in [2.45, 2.75) is 6.04 Å². The van der Waals surface area contributed by atoms with Crippen molar-refractivity contribution in [2.75, 3.05) is 6.61 Å². The third kappa shape index (κ3) is 2.03. The number of hydrogen-bond donors (Lipinski definition) is 3. The van der Waals surface area contributed by atoms with Crippen molar-refractivity contribution >= 4 is 5.91 Å². The highest BCUT2D eigenvalue weighted by molar-refractivity contribution is 5.97. The van der Waals surface area contributed by atoms with E-state index in [1.54, 1.807) is 0 Å². The second-order valence-corrected chi connectivity index (χ2v) is 4.55. The van der Waals surface area contributed by atoms with Crippen LogP contribution < -0.4 is 10.1 Å². The monoisotopic (exact) mass is 271 g/mol. The van der Waals surface area contributed by atoms with E-state index >= 15 is 0 Å². The molecular formula is C15H13NO4. The Morgan fingerprint density at radius 2 is 1.95 bits per heavy atom. The van der Waals surface area contributed by atoms with Crippen LogP contribution in [0.1, 0.15) is 22.0 Å². The highest BCUT2D eigenvalue weighted by Gasteiger charge is 2.26. The number of phenols is 2. The van der Waals surface area contributed by atoms with Gasteiger partial charge in [-0.2, -0.15) is 0 Å². The lowest BCUT2D eigenvalue weighted by Gasteiger charge is -2.12. The van der Waals surface area contributed by atoms with Crippen molar-refractivity contribution in [1.82, 2.24) is 5.32 Å². The average molecular weight is 271 g/mol. The Hall–Kier alpha value is -2.69. The Morgan fingerprint density at radius 1 is 1.15 bits per heavy atom. The number of ether oxygens (including phenoxy) is 1. The minimum Gasteiger partial charge on any atom is -0.504 e. The largest absolute Gasteiger partial charge is 0.504 e. The van der Waals surface area contributed by atoms with E-state index in [9.17, 15) is 15.0 Å². The predicted octanol–water partition coefficient (Wildman–Crippen LogP) is 1.96. The zero-order valence-electron chi connectivity index (χ0n) is 10.5. The highest BCUT2D eigenvalue weighted by atomic mass is 16.5. The van der Waals surface area contributed by atoms with Gasteiger partial charge >= 0.3 is 0 Å². The van der Waals surface area contributed by atoms with Crippen LogP contribution in [0.2, 0.25) is 0 Å². The second-order valence-electron chi connectivity index (χ2n) is 4.55. The number of fused-ring (bicyclic) bond motifs is 1. The number of para-hydroxylation sites is 2. The molecule has 0 bridgehead atoms. The topological polar surface area (TPSA) is 78.8 Å². The summed E-state index contributed by atoms with van der Waals surface area (Å²) in [5.74, 6) is -0.445. The van der Waals surface area contributed by atoms with E-state index in [0.29, 0.717) is 6.61 Å². The van der Waals surface area contributed by atoms with Crippen molar-refractivity contribution in [2.24, 2.45) is 0 Å². The summed E-state index contributed by atoms with van der Waals surface area (Å²) < 4.78 is 5.48. The third-order valence-corrected chi connectivity index (χ3v) is 3.26.